The largest absolute Gasteiger partial charge is 0.309 e. The van der Waals surface area contributed by atoms with Crippen LogP contribution < -0.4 is 11.0 Å². The molecule has 124 valence electrons. The number of hydrogen-bond acceptors (Lipinski definition) is 5. The molecule has 2 N–H and O–H groups in total. The average Bonchev–Trinajstić information content (AvgIpc) is 2.74. The Labute approximate surface area is 139 Å². The number of amides is 1. The third kappa shape index (κ3) is 3.85. The summed E-state index contributed by atoms with van der Waals surface area (Å²) in [5.41, 5.74) is 4.22. The second kappa shape index (κ2) is 7.04. The van der Waals surface area contributed by atoms with Crippen LogP contribution in [0.15, 0.2) is 9.90 Å². The maximum Gasteiger partial charge on any atom is 0.259 e. The van der Waals surface area contributed by atoms with Crippen molar-refractivity contribution >= 4 is 33.2 Å². The van der Waals surface area contributed by atoms with Gasteiger partial charge in [-0.3, -0.25) is 9.59 Å². The third-order valence-corrected chi connectivity index (χ3v) is 4.87. The van der Waals surface area contributed by atoms with Gasteiger partial charge >= 0.3 is 0 Å². The van der Waals surface area contributed by atoms with Crippen LogP contribution in [0.4, 0.5) is 0 Å². The fourth-order valence-electron chi connectivity index (χ4n) is 2.33. The van der Waals surface area contributed by atoms with Crippen molar-refractivity contribution in [2.75, 3.05) is 0 Å². The number of aromatic amines is 1. The number of thiophene rings is 1. The van der Waals surface area contributed by atoms with E-state index < -0.39 is 0 Å². The van der Waals surface area contributed by atoms with Crippen LogP contribution in [-0.2, 0) is 11.2 Å². The molecule has 0 bridgehead atoms. The van der Waals surface area contributed by atoms with E-state index in [1.54, 1.807) is 0 Å². The summed E-state index contributed by atoms with van der Waals surface area (Å²) in [4.78, 5) is 33.0. The van der Waals surface area contributed by atoms with Crippen LogP contribution in [0.2, 0.25) is 0 Å². The molecule has 0 atom stereocenters. The van der Waals surface area contributed by atoms with Crippen LogP contribution in [0.5, 0.6) is 0 Å². The van der Waals surface area contributed by atoms with Crippen molar-refractivity contribution in [3.8, 4) is 0 Å². The van der Waals surface area contributed by atoms with Gasteiger partial charge in [0.05, 0.1) is 11.8 Å². The van der Waals surface area contributed by atoms with Crippen LogP contribution in [0.25, 0.3) is 10.2 Å². The zero-order chi connectivity index (χ0) is 17.1. The topological polar surface area (TPSA) is 87.2 Å². The zero-order valence-corrected chi connectivity index (χ0v) is 14.9. The Kier molecular flexibility index (Phi) is 5.30. The monoisotopic (exact) mass is 334 g/mol. The predicted molar refractivity (Wildman–Crippen MR) is 94.1 cm³/mol. The van der Waals surface area contributed by atoms with Gasteiger partial charge in [-0.05, 0) is 31.7 Å². The van der Waals surface area contributed by atoms with Crippen molar-refractivity contribution in [1.29, 1.82) is 0 Å². The van der Waals surface area contributed by atoms with Gasteiger partial charge in [0.2, 0.25) is 5.91 Å². The van der Waals surface area contributed by atoms with Crippen molar-refractivity contribution in [2.45, 2.75) is 47.5 Å². The Morgan fingerprint density at radius 1 is 1.39 bits per heavy atom. The Bertz CT molecular complexity index is 817. The van der Waals surface area contributed by atoms with E-state index in [0.29, 0.717) is 16.0 Å². The molecule has 0 saturated heterocycles. The maximum atomic E-state index is 12.2. The van der Waals surface area contributed by atoms with Crippen molar-refractivity contribution < 1.29 is 4.79 Å². The number of hydrazone groups is 1. The van der Waals surface area contributed by atoms with Crippen LogP contribution >= 0.6 is 11.3 Å². The lowest BCUT2D eigenvalue weighted by Gasteiger charge is -2.07. The quantitative estimate of drug-likeness (QED) is 0.651. The number of nitrogens with zero attached hydrogens (tertiary/aromatic N) is 2. The first-order valence-electron chi connectivity index (χ1n) is 7.67. The summed E-state index contributed by atoms with van der Waals surface area (Å²) in [5.74, 6) is 0.356. The number of rotatable bonds is 5. The summed E-state index contributed by atoms with van der Waals surface area (Å²) in [5, 5.41) is 4.75. The van der Waals surface area contributed by atoms with E-state index >= 15 is 0 Å². The Morgan fingerprint density at radius 3 is 2.70 bits per heavy atom. The van der Waals surface area contributed by atoms with Gasteiger partial charge in [-0.1, -0.05) is 20.8 Å². The molecule has 0 radical (unpaired) electrons. The highest BCUT2D eigenvalue weighted by molar-refractivity contribution is 7.18. The molecule has 2 heterocycles. The lowest BCUT2D eigenvalue weighted by atomic mass is 10.1. The summed E-state index contributed by atoms with van der Waals surface area (Å²) in [6.45, 7) is 9.93. The molecule has 0 aliphatic rings. The van der Waals surface area contributed by atoms with E-state index in [0.717, 1.165) is 22.6 Å². The summed E-state index contributed by atoms with van der Waals surface area (Å²) < 4.78 is 0. The highest BCUT2D eigenvalue weighted by atomic mass is 32.1. The van der Waals surface area contributed by atoms with Gasteiger partial charge in [0.15, 0.2) is 0 Å². The molecule has 0 aliphatic heterocycles. The van der Waals surface area contributed by atoms with Crippen LogP contribution in [0.3, 0.4) is 0 Å². The third-order valence-electron chi connectivity index (χ3n) is 3.77. The van der Waals surface area contributed by atoms with E-state index in [1.165, 1.54) is 11.3 Å². The molecule has 0 fully saturated rings. The molecule has 2 aromatic heterocycles. The fraction of sp³-hybridized carbons (Fsp3) is 0.500. The maximum absolute atomic E-state index is 12.2. The molecule has 0 saturated carbocycles. The average molecular weight is 334 g/mol. The second-order valence-corrected chi connectivity index (χ2v) is 7.00. The number of aromatic nitrogens is 2. The molecular formula is C16H22N4O2S. The Balaban J connectivity index is 2.19. The summed E-state index contributed by atoms with van der Waals surface area (Å²) in [6, 6.07) is 0. The molecular weight excluding hydrogens is 312 g/mol. The van der Waals surface area contributed by atoms with Gasteiger partial charge in [-0.2, -0.15) is 5.10 Å². The molecule has 2 rings (SSSR count). The number of nitrogens with one attached hydrogen (secondary N) is 2. The van der Waals surface area contributed by atoms with Crippen LogP contribution in [0.1, 0.15) is 43.5 Å². The fourth-order valence-corrected chi connectivity index (χ4v) is 3.37. The molecule has 23 heavy (non-hydrogen) atoms. The van der Waals surface area contributed by atoms with E-state index in [4.69, 9.17) is 0 Å². The normalized spacial score (nSPS) is 12.2. The first-order chi connectivity index (χ1) is 10.8. The molecule has 2 aromatic rings. The zero-order valence-electron chi connectivity index (χ0n) is 14.1. The lowest BCUT2D eigenvalue weighted by molar-refractivity contribution is -0.120. The Morgan fingerprint density at radius 2 is 2.09 bits per heavy atom. The van der Waals surface area contributed by atoms with E-state index in [-0.39, 0.29) is 23.8 Å². The minimum Gasteiger partial charge on any atom is -0.309 e. The van der Waals surface area contributed by atoms with Gasteiger partial charge < -0.3 is 4.98 Å². The van der Waals surface area contributed by atoms with Crippen molar-refractivity contribution in [1.82, 2.24) is 15.4 Å². The first-order valence-corrected chi connectivity index (χ1v) is 8.49. The van der Waals surface area contributed by atoms with Gasteiger partial charge in [0.1, 0.15) is 10.7 Å². The summed E-state index contributed by atoms with van der Waals surface area (Å²) >= 11 is 1.47. The standard InChI is InChI=1S/C16H22N4O2S/c1-6-11(8(2)3)19-20-13(21)7-12-17-15(22)14-9(4)10(5)23-16(14)18-12/h8H,6-7H2,1-5H3,(H,20,21)(H,17,18,22)/b19-11-. The number of carbonyl (C=O) groups is 1. The van der Waals surface area contributed by atoms with E-state index in [1.807, 2.05) is 34.6 Å². The molecule has 0 aromatic carbocycles. The minimum atomic E-state index is -0.288. The van der Waals surface area contributed by atoms with E-state index in [9.17, 15) is 9.59 Å². The molecule has 6 nitrogen and oxygen atoms in total. The van der Waals surface area contributed by atoms with Crippen LogP contribution in [0, 0.1) is 19.8 Å². The first kappa shape index (κ1) is 17.3. The predicted octanol–water partition coefficient (Wildman–Crippen LogP) is 2.68. The highest BCUT2D eigenvalue weighted by Crippen LogP contribution is 2.25. The molecule has 0 unspecified atom stereocenters. The van der Waals surface area contributed by atoms with Gasteiger partial charge in [-0.25, -0.2) is 10.4 Å². The number of fused-ring (bicyclic) bond motifs is 1. The number of aryl methyl sites for hydroxylation is 2. The van der Waals surface area contributed by atoms with E-state index in [2.05, 4.69) is 20.5 Å². The van der Waals surface area contributed by atoms with Crippen LogP contribution in [-0.4, -0.2) is 21.6 Å². The van der Waals surface area contributed by atoms with Crippen molar-refractivity contribution in [3.63, 3.8) is 0 Å². The number of carbonyl (C=O) groups excluding carboxylic acids is 1. The smallest absolute Gasteiger partial charge is 0.259 e. The minimum absolute atomic E-state index is 0.000233. The SMILES string of the molecule is CC/C(=N/NC(=O)Cc1nc2sc(C)c(C)c2c(=O)[nH]1)C(C)C. The number of H-pyrrole nitrogens is 1. The van der Waals surface area contributed by atoms with Gasteiger partial charge in [0, 0.05) is 10.6 Å². The molecule has 7 heteroatoms. The second-order valence-electron chi connectivity index (χ2n) is 5.80. The van der Waals surface area contributed by atoms with Gasteiger partial charge in [0.25, 0.3) is 5.56 Å². The molecule has 1 amide bonds. The summed E-state index contributed by atoms with van der Waals surface area (Å²) in [7, 11) is 0. The Hall–Kier alpha value is -2.02. The molecule has 0 spiro atoms. The van der Waals surface area contributed by atoms with Crippen molar-refractivity contribution in [2.24, 2.45) is 11.0 Å². The number of hydrogen-bond donors (Lipinski definition) is 2. The summed E-state index contributed by atoms with van der Waals surface area (Å²) in [6.07, 6.45) is 0.784. The van der Waals surface area contributed by atoms with Crippen molar-refractivity contribution in [3.05, 3.63) is 26.6 Å². The highest BCUT2D eigenvalue weighted by Gasteiger charge is 2.13. The lowest BCUT2D eigenvalue weighted by Crippen LogP contribution is -2.25. The molecule has 0 aliphatic carbocycles. The van der Waals surface area contributed by atoms with Gasteiger partial charge in [-0.15, -0.1) is 11.3 Å².